The number of aromatic amines is 1. The Bertz CT molecular complexity index is 884. The third-order valence-corrected chi connectivity index (χ3v) is 4.72. The summed E-state index contributed by atoms with van der Waals surface area (Å²) >= 11 is 6.26. The fraction of sp³-hybridized carbons (Fsp3) is 0.353. The molecule has 0 amide bonds. The first kappa shape index (κ1) is 16.0. The van der Waals surface area contributed by atoms with Gasteiger partial charge in [-0.3, -0.25) is 0 Å². The highest BCUT2D eigenvalue weighted by Gasteiger charge is 2.28. The number of rotatable bonds is 5. The number of methoxy groups -OCH3 is 1. The maximum Gasteiger partial charge on any atom is 0.182 e. The fourth-order valence-corrected chi connectivity index (χ4v) is 3.39. The topological polar surface area (TPSA) is 76.2 Å². The highest BCUT2D eigenvalue weighted by Crippen LogP contribution is 2.31. The van der Waals surface area contributed by atoms with Crippen LogP contribution in [0.5, 0.6) is 11.5 Å². The second kappa shape index (κ2) is 6.76. The van der Waals surface area contributed by atoms with Crippen molar-refractivity contribution >= 4 is 28.6 Å². The van der Waals surface area contributed by atoms with Crippen LogP contribution in [0.15, 0.2) is 30.9 Å². The van der Waals surface area contributed by atoms with Gasteiger partial charge in [-0.1, -0.05) is 11.6 Å². The van der Waals surface area contributed by atoms with E-state index >= 15 is 0 Å². The van der Waals surface area contributed by atoms with Crippen LogP contribution >= 0.6 is 11.6 Å². The van der Waals surface area contributed by atoms with Gasteiger partial charge in [0.2, 0.25) is 0 Å². The van der Waals surface area contributed by atoms with Gasteiger partial charge in [-0.05, 0) is 25.0 Å². The Balaban J connectivity index is 1.51. The molecule has 1 aliphatic heterocycles. The number of hydrogen-bond acceptors (Lipinski definition) is 6. The van der Waals surface area contributed by atoms with Gasteiger partial charge in [0.25, 0.3) is 0 Å². The van der Waals surface area contributed by atoms with Crippen LogP contribution in [-0.2, 0) is 0 Å². The molecule has 1 N–H and O–H groups in total. The number of halogens is 1. The van der Waals surface area contributed by atoms with Gasteiger partial charge in [0.1, 0.15) is 29.9 Å². The zero-order chi connectivity index (χ0) is 17.2. The van der Waals surface area contributed by atoms with Crippen molar-refractivity contribution < 1.29 is 9.47 Å². The number of benzene rings is 1. The zero-order valence-corrected chi connectivity index (χ0v) is 14.5. The van der Waals surface area contributed by atoms with Crippen LogP contribution in [0.1, 0.15) is 12.8 Å². The Morgan fingerprint density at radius 3 is 3.08 bits per heavy atom. The molecule has 7 nitrogen and oxygen atoms in total. The number of H-pyrrole nitrogens is 1. The third kappa shape index (κ3) is 3.07. The Hall–Kier alpha value is -2.54. The number of ether oxygens (including phenoxy) is 2. The van der Waals surface area contributed by atoms with E-state index in [0.717, 1.165) is 30.7 Å². The van der Waals surface area contributed by atoms with Gasteiger partial charge in [-0.25, -0.2) is 15.0 Å². The number of nitrogens with zero attached hydrogens (tertiary/aromatic N) is 4. The summed E-state index contributed by atoms with van der Waals surface area (Å²) in [6.45, 7) is 1.46. The van der Waals surface area contributed by atoms with Crippen LogP contribution in [-0.4, -0.2) is 46.2 Å². The van der Waals surface area contributed by atoms with Crippen molar-refractivity contribution in [3.63, 3.8) is 0 Å². The third-order valence-electron chi connectivity index (χ3n) is 4.42. The standard InChI is InChI=1S/C17H18ClN5O2/c1-24-12-4-5-14(13(18)7-12)25-8-11-3-2-6-23(11)17-15-16(20-9-19-15)21-10-22-17/h4-5,7,9-11H,2-3,6,8H2,1H3,(H,19,20,21,22). The average Bonchev–Trinajstić information content (AvgIpc) is 3.29. The van der Waals surface area contributed by atoms with Crippen LogP contribution < -0.4 is 14.4 Å². The van der Waals surface area contributed by atoms with E-state index in [2.05, 4.69) is 24.8 Å². The molecule has 0 saturated carbocycles. The average molecular weight is 360 g/mol. The van der Waals surface area contributed by atoms with E-state index in [4.69, 9.17) is 21.1 Å². The predicted octanol–water partition coefficient (Wildman–Crippen LogP) is 3.06. The van der Waals surface area contributed by atoms with Crippen molar-refractivity contribution in [1.29, 1.82) is 0 Å². The molecule has 4 rings (SSSR count). The van der Waals surface area contributed by atoms with E-state index in [1.54, 1.807) is 25.8 Å². The molecule has 0 spiro atoms. The minimum absolute atomic E-state index is 0.222. The summed E-state index contributed by atoms with van der Waals surface area (Å²) in [6.07, 6.45) is 5.31. The normalized spacial score (nSPS) is 17.2. The first-order valence-corrected chi connectivity index (χ1v) is 8.51. The lowest BCUT2D eigenvalue weighted by Crippen LogP contribution is -2.35. The molecule has 1 saturated heterocycles. The highest BCUT2D eigenvalue weighted by molar-refractivity contribution is 6.32. The number of nitrogens with one attached hydrogen (secondary N) is 1. The number of hydrogen-bond donors (Lipinski definition) is 1. The Morgan fingerprint density at radius 2 is 2.24 bits per heavy atom. The molecule has 0 aliphatic carbocycles. The summed E-state index contributed by atoms with van der Waals surface area (Å²) < 4.78 is 11.1. The molecule has 2 aromatic heterocycles. The Labute approximate surface area is 150 Å². The first-order valence-electron chi connectivity index (χ1n) is 8.13. The van der Waals surface area contributed by atoms with E-state index < -0.39 is 0 Å². The lowest BCUT2D eigenvalue weighted by atomic mass is 10.2. The van der Waals surface area contributed by atoms with Crippen LogP contribution in [0.25, 0.3) is 11.2 Å². The van der Waals surface area contributed by atoms with Gasteiger partial charge < -0.3 is 19.4 Å². The summed E-state index contributed by atoms with van der Waals surface area (Å²) in [5.74, 6) is 2.24. The lowest BCUT2D eigenvalue weighted by Gasteiger charge is -2.26. The molecule has 3 aromatic rings. The maximum absolute atomic E-state index is 6.26. The maximum atomic E-state index is 6.26. The summed E-state index contributed by atoms with van der Waals surface area (Å²) in [4.78, 5) is 18.2. The second-order valence-corrected chi connectivity index (χ2v) is 6.30. The van der Waals surface area contributed by atoms with Crippen molar-refractivity contribution in [1.82, 2.24) is 19.9 Å². The summed E-state index contributed by atoms with van der Waals surface area (Å²) in [6, 6.07) is 5.64. The molecule has 0 radical (unpaired) electrons. The fourth-order valence-electron chi connectivity index (χ4n) is 3.17. The van der Waals surface area contributed by atoms with E-state index in [9.17, 15) is 0 Å². The highest BCUT2D eigenvalue weighted by atomic mass is 35.5. The molecule has 8 heteroatoms. The molecular weight excluding hydrogens is 342 g/mol. The van der Waals surface area contributed by atoms with Gasteiger partial charge in [0, 0.05) is 12.6 Å². The first-order chi connectivity index (χ1) is 12.3. The number of imidazole rings is 1. The summed E-state index contributed by atoms with van der Waals surface area (Å²) in [5.41, 5.74) is 1.53. The molecule has 1 aliphatic rings. The lowest BCUT2D eigenvalue weighted by molar-refractivity contribution is 0.288. The molecule has 25 heavy (non-hydrogen) atoms. The van der Waals surface area contributed by atoms with Gasteiger partial charge in [0.05, 0.1) is 24.5 Å². The van der Waals surface area contributed by atoms with Gasteiger partial charge in [-0.2, -0.15) is 0 Å². The molecule has 1 aromatic carbocycles. The molecule has 0 bridgehead atoms. The monoisotopic (exact) mass is 359 g/mol. The van der Waals surface area contributed by atoms with Crippen molar-refractivity contribution in [2.24, 2.45) is 0 Å². The predicted molar refractivity (Wildman–Crippen MR) is 95.6 cm³/mol. The largest absolute Gasteiger partial charge is 0.497 e. The van der Waals surface area contributed by atoms with Crippen molar-refractivity contribution in [3.8, 4) is 11.5 Å². The second-order valence-electron chi connectivity index (χ2n) is 5.90. The molecule has 1 fully saturated rings. The molecule has 1 unspecified atom stereocenters. The number of anilines is 1. The summed E-state index contributed by atoms with van der Waals surface area (Å²) in [5, 5.41) is 0.543. The van der Waals surface area contributed by atoms with Gasteiger partial charge in [0.15, 0.2) is 11.5 Å². The number of aromatic nitrogens is 4. The van der Waals surface area contributed by atoms with E-state index in [1.165, 1.54) is 0 Å². The van der Waals surface area contributed by atoms with Crippen LogP contribution in [0.4, 0.5) is 5.82 Å². The van der Waals surface area contributed by atoms with E-state index in [1.807, 2.05) is 12.1 Å². The summed E-state index contributed by atoms with van der Waals surface area (Å²) in [7, 11) is 1.61. The van der Waals surface area contributed by atoms with Gasteiger partial charge in [-0.15, -0.1) is 0 Å². The molecule has 3 heterocycles. The molecular formula is C17H18ClN5O2. The van der Waals surface area contributed by atoms with Gasteiger partial charge >= 0.3 is 0 Å². The van der Waals surface area contributed by atoms with Crippen LogP contribution in [0.3, 0.4) is 0 Å². The van der Waals surface area contributed by atoms with E-state index in [0.29, 0.717) is 28.8 Å². The zero-order valence-electron chi connectivity index (χ0n) is 13.8. The smallest absolute Gasteiger partial charge is 0.182 e. The minimum atomic E-state index is 0.222. The van der Waals surface area contributed by atoms with Crippen molar-refractivity contribution in [2.45, 2.75) is 18.9 Å². The SMILES string of the molecule is COc1ccc(OCC2CCCN2c2ncnc3nc[nH]c23)c(Cl)c1. The van der Waals surface area contributed by atoms with Crippen LogP contribution in [0.2, 0.25) is 5.02 Å². The van der Waals surface area contributed by atoms with Crippen LogP contribution in [0, 0.1) is 0 Å². The Kier molecular flexibility index (Phi) is 4.31. The molecule has 1 atom stereocenters. The van der Waals surface area contributed by atoms with Crippen molar-refractivity contribution in [2.75, 3.05) is 25.2 Å². The Morgan fingerprint density at radius 1 is 1.32 bits per heavy atom. The number of fused-ring (bicyclic) bond motifs is 1. The molecule has 130 valence electrons. The van der Waals surface area contributed by atoms with Crippen molar-refractivity contribution in [3.05, 3.63) is 35.9 Å². The van der Waals surface area contributed by atoms with E-state index in [-0.39, 0.29) is 6.04 Å². The minimum Gasteiger partial charge on any atom is -0.497 e. The quantitative estimate of drug-likeness (QED) is 0.754.